The number of hydrogen-bond donors (Lipinski definition) is 0. The van der Waals surface area contributed by atoms with Crippen LogP contribution in [0.3, 0.4) is 0 Å². The molecule has 0 aliphatic heterocycles. The van der Waals surface area contributed by atoms with Gasteiger partial charge >= 0.3 is 0 Å². The molecule has 2 rings (SSSR count). The Bertz CT molecular complexity index is 564. The molecule has 2 aromatic carbocycles. The first kappa shape index (κ1) is 14.8. The van der Waals surface area contributed by atoms with Crippen LogP contribution in [0.15, 0.2) is 36.4 Å². The molecule has 0 heterocycles. The van der Waals surface area contributed by atoms with E-state index in [9.17, 15) is 0 Å². The van der Waals surface area contributed by atoms with E-state index in [4.69, 9.17) is 0 Å². The first-order valence-corrected chi connectivity index (χ1v) is 7.88. The smallest absolute Gasteiger partial charge is 0.00202 e. The number of benzene rings is 2. The summed E-state index contributed by atoms with van der Waals surface area (Å²) in [6, 6.07) is 13.3. The molecule has 0 heteroatoms. The van der Waals surface area contributed by atoms with E-state index < -0.39 is 0 Å². The van der Waals surface area contributed by atoms with Gasteiger partial charge in [-0.05, 0) is 66.0 Å². The molecule has 0 aromatic heterocycles. The van der Waals surface area contributed by atoms with Crippen LogP contribution in [0, 0.1) is 6.92 Å². The van der Waals surface area contributed by atoms with Crippen molar-refractivity contribution in [3.05, 3.63) is 69.8 Å². The van der Waals surface area contributed by atoms with E-state index >= 15 is 0 Å². The molecule has 0 bridgehead atoms. The molecule has 0 aliphatic carbocycles. The molecule has 20 heavy (non-hydrogen) atoms. The molecule has 0 spiro atoms. The molecular weight excluding hydrogens is 240 g/mol. The Morgan fingerprint density at radius 1 is 0.750 bits per heavy atom. The summed E-state index contributed by atoms with van der Waals surface area (Å²) in [6.45, 7) is 9.12. The minimum Gasteiger partial charge on any atom is -0.0622 e. The second kappa shape index (κ2) is 6.74. The van der Waals surface area contributed by atoms with Crippen LogP contribution < -0.4 is 0 Å². The molecule has 0 nitrogen and oxygen atoms in total. The van der Waals surface area contributed by atoms with Crippen molar-refractivity contribution in [2.75, 3.05) is 0 Å². The molecular formula is C20H26. The van der Waals surface area contributed by atoms with E-state index in [1.165, 1.54) is 22.3 Å². The molecule has 0 N–H and O–H groups in total. The monoisotopic (exact) mass is 266 g/mol. The van der Waals surface area contributed by atoms with Crippen molar-refractivity contribution in [3.63, 3.8) is 0 Å². The zero-order valence-electron chi connectivity index (χ0n) is 13.3. The molecule has 0 radical (unpaired) electrons. The standard InChI is InChI=1S/C20H26/c1-5-17-14-18(6-2)20(19(7-3)15(17)4)13-16-11-9-8-10-12-16/h8-12,14H,5-7,13H2,1-4H3. The van der Waals surface area contributed by atoms with Gasteiger partial charge in [0.05, 0.1) is 0 Å². The third-order valence-corrected chi connectivity index (χ3v) is 4.37. The van der Waals surface area contributed by atoms with E-state index in [0.717, 1.165) is 25.7 Å². The lowest BCUT2D eigenvalue weighted by Gasteiger charge is -2.19. The second-order valence-corrected chi connectivity index (χ2v) is 5.50. The van der Waals surface area contributed by atoms with Gasteiger partial charge in [-0.25, -0.2) is 0 Å². The SMILES string of the molecule is CCc1cc(CC)c(Cc2ccccc2)c(CC)c1C. The molecule has 0 unspecified atom stereocenters. The first-order valence-electron chi connectivity index (χ1n) is 7.88. The summed E-state index contributed by atoms with van der Waals surface area (Å²) in [6.07, 6.45) is 4.47. The van der Waals surface area contributed by atoms with Gasteiger partial charge in [0.2, 0.25) is 0 Å². The fraction of sp³-hybridized carbons (Fsp3) is 0.400. The summed E-state index contributed by atoms with van der Waals surface area (Å²) in [5.41, 5.74) is 9.13. The third-order valence-electron chi connectivity index (χ3n) is 4.37. The van der Waals surface area contributed by atoms with Crippen molar-refractivity contribution in [2.24, 2.45) is 0 Å². The topological polar surface area (TPSA) is 0 Å². The van der Waals surface area contributed by atoms with Crippen LogP contribution in [0.25, 0.3) is 0 Å². The summed E-state index contributed by atoms with van der Waals surface area (Å²) in [5, 5.41) is 0. The highest BCUT2D eigenvalue weighted by Gasteiger charge is 2.13. The van der Waals surface area contributed by atoms with Gasteiger partial charge in [0.15, 0.2) is 0 Å². The van der Waals surface area contributed by atoms with Crippen molar-refractivity contribution in [2.45, 2.75) is 53.4 Å². The maximum atomic E-state index is 2.44. The normalized spacial score (nSPS) is 10.8. The number of rotatable bonds is 5. The summed E-state index contributed by atoms with van der Waals surface area (Å²) in [7, 11) is 0. The van der Waals surface area contributed by atoms with Crippen molar-refractivity contribution in [1.82, 2.24) is 0 Å². The van der Waals surface area contributed by atoms with Crippen LogP contribution >= 0.6 is 0 Å². The molecule has 0 atom stereocenters. The van der Waals surface area contributed by atoms with Crippen molar-refractivity contribution >= 4 is 0 Å². The zero-order valence-corrected chi connectivity index (χ0v) is 13.3. The minimum atomic E-state index is 1.07. The predicted octanol–water partition coefficient (Wildman–Crippen LogP) is 5.27. The maximum Gasteiger partial charge on any atom is -0.00202 e. The highest BCUT2D eigenvalue weighted by Crippen LogP contribution is 2.27. The van der Waals surface area contributed by atoms with Crippen molar-refractivity contribution < 1.29 is 0 Å². The van der Waals surface area contributed by atoms with Gasteiger partial charge in [-0.2, -0.15) is 0 Å². The number of aryl methyl sites for hydroxylation is 2. The largest absolute Gasteiger partial charge is 0.0622 e. The van der Waals surface area contributed by atoms with Gasteiger partial charge in [-0.15, -0.1) is 0 Å². The third kappa shape index (κ3) is 2.95. The van der Waals surface area contributed by atoms with Gasteiger partial charge in [0.1, 0.15) is 0 Å². The van der Waals surface area contributed by atoms with Gasteiger partial charge in [-0.1, -0.05) is 57.2 Å². The number of hydrogen-bond acceptors (Lipinski definition) is 0. The van der Waals surface area contributed by atoms with Gasteiger partial charge in [0.25, 0.3) is 0 Å². The van der Waals surface area contributed by atoms with Crippen molar-refractivity contribution in [1.29, 1.82) is 0 Å². The van der Waals surface area contributed by atoms with Crippen LogP contribution in [0.5, 0.6) is 0 Å². The first-order chi connectivity index (χ1) is 9.71. The fourth-order valence-corrected chi connectivity index (χ4v) is 3.20. The summed E-state index contributed by atoms with van der Waals surface area (Å²) < 4.78 is 0. The van der Waals surface area contributed by atoms with E-state index in [2.05, 4.69) is 64.1 Å². The van der Waals surface area contributed by atoms with E-state index in [1.54, 1.807) is 11.1 Å². The molecule has 0 aliphatic rings. The minimum absolute atomic E-state index is 1.07. The lowest BCUT2D eigenvalue weighted by atomic mass is 9.86. The molecule has 0 saturated heterocycles. The Hall–Kier alpha value is -1.56. The average molecular weight is 266 g/mol. The predicted molar refractivity (Wildman–Crippen MR) is 88.6 cm³/mol. The Balaban J connectivity index is 2.52. The van der Waals surface area contributed by atoms with E-state index in [-0.39, 0.29) is 0 Å². The zero-order chi connectivity index (χ0) is 14.5. The molecule has 2 aromatic rings. The second-order valence-electron chi connectivity index (χ2n) is 5.50. The van der Waals surface area contributed by atoms with Gasteiger partial charge in [-0.3, -0.25) is 0 Å². The molecule has 0 saturated carbocycles. The highest BCUT2D eigenvalue weighted by atomic mass is 14.2. The van der Waals surface area contributed by atoms with E-state index in [0.29, 0.717) is 0 Å². The molecule has 0 fully saturated rings. The van der Waals surface area contributed by atoms with Crippen LogP contribution in [-0.4, -0.2) is 0 Å². The average Bonchev–Trinajstić information content (AvgIpc) is 2.49. The van der Waals surface area contributed by atoms with Gasteiger partial charge in [0, 0.05) is 0 Å². The van der Waals surface area contributed by atoms with Crippen LogP contribution in [0.4, 0.5) is 0 Å². The maximum absolute atomic E-state index is 2.44. The lowest BCUT2D eigenvalue weighted by molar-refractivity contribution is 0.957. The van der Waals surface area contributed by atoms with Crippen molar-refractivity contribution in [3.8, 4) is 0 Å². The Morgan fingerprint density at radius 2 is 1.40 bits per heavy atom. The van der Waals surface area contributed by atoms with Crippen LogP contribution in [0.1, 0.15) is 54.2 Å². The highest BCUT2D eigenvalue weighted by molar-refractivity contribution is 5.47. The molecule has 106 valence electrons. The lowest BCUT2D eigenvalue weighted by Crippen LogP contribution is -2.06. The molecule has 0 amide bonds. The van der Waals surface area contributed by atoms with E-state index in [1.807, 2.05) is 0 Å². The van der Waals surface area contributed by atoms with Gasteiger partial charge < -0.3 is 0 Å². The summed E-state index contributed by atoms with van der Waals surface area (Å²) in [4.78, 5) is 0. The Morgan fingerprint density at radius 3 is 1.95 bits per heavy atom. The Kier molecular flexibility index (Phi) is 5.00. The van der Waals surface area contributed by atoms with Crippen LogP contribution in [-0.2, 0) is 25.7 Å². The summed E-state index contributed by atoms with van der Waals surface area (Å²) >= 11 is 0. The van der Waals surface area contributed by atoms with Crippen LogP contribution in [0.2, 0.25) is 0 Å². The summed E-state index contributed by atoms with van der Waals surface area (Å²) in [5.74, 6) is 0. The quantitative estimate of drug-likeness (QED) is 0.691. The fourth-order valence-electron chi connectivity index (χ4n) is 3.20. The Labute approximate surface area is 123 Å².